The van der Waals surface area contributed by atoms with Crippen LogP contribution >= 0.6 is 0 Å². The van der Waals surface area contributed by atoms with Gasteiger partial charge >= 0.3 is 7.25 Å². The number of halogens is 4. The van der Waals surface area contributed by atoms with Crippen LogP contribution in [-0.4, -0.2) is 22.7 Å². The van der Waals surface area contributed by atoms with Gasteiger partial charge in [0.25, 0.3) is 12.2 Å². The zero-order valence-corrected chi connectivity index (χ0v) is 15.3. The van der Waals surface area contributed by atoms with Crippen molar-refractivity contribution < 1.29 is 26.7 Å². The van der Waals surface area contributed by atoms with E-state index in [2.05, 4.69) is 17.2 Å². The third-order valence-electron chi connectivity index (χ3n) is 3.77. The lowest BCUT2D eigenvalue weighted by Gasteiger charge is -1.99. The van der Waals surface area contributed by atoms with Crippen LogP contribution in [0.15, 0.2) is 67.0 Å². The first kappa shape index (κ1) is 21.3. The van der Waals surface area contributed by atoms with Crippen molar-refractivity contribution in [3.05, 3.63) is 72.6 Å². The van der Waals surface area contributed by atoms with Crippen LogP contribution < -0.4 is 4.68 Å². The Morgan fingerprint density at radius 2 is 1.54 bits per heavy atom. The van der Waals surface area contributed by atoms with Crippen molar-refractivity contribution in [1.29, 1.82) is 0 Å². The minimum absolute atomic E-state index is 0.191. The molecule has 0 aliphatic heterocycles. The van der Waals surface area contributed by atoms with E-state index >= 15 is 0 Å². The molecule has 0 bridgehead atoms. The summed E-state index contributed by atoms with van der Waals surface area (Å²) in [5, 5.41) is 4.53. The van der Waals surface area contributed by atoms with Crippen LogP contribution in [0.4, 0.5) is 17.3 Å². The zero-order valence-electron chi connectivity index (χ0n) is 15.3. The van der Waals surface area contributed by atoms with Crippen LogP contribution in [0, 0.1) is 0 Å². The highest BCUT2D eigenvalue weighted by molar-refractivity contribution is 6.50. The Bertz CT molecular complexity index is 877. The van der Waals surface area contributed by atoms with Crippen LogP contribution in [0.2, 0.25) is 0 Å². The van der Waals surface area contributed by atoms with Crippen LogP contribution in [0.5, 0.6) is 0 Å². The van der Waals surface area contributed by atoms with Crippen molar-refractivity contribution >= 4 is 13.0 Å². The topological polar surface area (TPSA) is 38.8 Å². The number of hydrogen-bond acceptors (Lipinski definition) is 2. The highest BCUT2D eigenvalue weighted by atomic mass is 19.5. The molecular formula is C19H20BF4N3O. The first-order chi connectivity index (χ1) is 13.2. The number of benzene rings is 2. The number of carbonyl (C=O) groups is 1. The molecule has 0 radical (unpaired) electrons. The number of carbonyl (C=O) groups excluding carboxylic acids is 1. The molecule has 0 aliphatic rings. The summed E-state index contributed by atoms with van der Waals surface area (Å²) in [7, 11) is -4.06. The molecule has 9 heteroatoms. The molecule has 148 valence electrons. The third-order valence-corrected chi connectivity index (χ3v) is 3.77. The smallest absolute Gasteiger partial charge is 0.418 e. The maximum atomic E-state index is 12.2. The quantitative estimate of drug-likeness (QED) is 0.362. The maximum absolute atomic E-state index is 12.2. The Hall–Kier alpha value is -2.97. The standard InChI is InChI=1S/C19H20N3O.BF4/c1-21-15-22(20-19(21)17-10-6-3-7-11-17)14-18(23)13-12-16-8-4-2-5-9-16;2-1(3,4)5/h2-11,15H,12-14H2,1H3;/q+1;-1. The molecule has 28 heavy (non-hydrogen) atoms. The van der Waals surface area contributed by atoms with Gasteiger partial charge in [0, 0.05) is 12.0 Å². The van der Waals surface area contributed by atoms with Gasteiger partial charge in [-0.15, -0.1) is 4.68 Å². The molecule has 3 aromatic rings. The van der Waals surface area contributed by atoms with Crippen LogP contribution in [0.1, 0.15) is 12.0 Å². The van der Waals surface area contributed by atoms with Crippen molar-refractivity contribution in [3.63, 3.8) is 0 Å². The number of rotatable bonds is 6. The van der Waals surface area contributed by atoms with Crippen LogP contribution in [0.25, 0.3) is 11.4 Å². The fourth-order valence-corrected chi connectivity index (χ4v) is 2.59. The van der Waals surface area contributed by atoms with E-state index in [0.717, 1.165) is 17.8 Å². The number of Topliss-reactive ketones (excluding diaryl/α,β-unsaturated/α-hetero) is 1. The fourth-order valence-electron chi connectivity index (χ4n) is 2.59. The summed E-state index contributed by atoms with van der Waals surface area (Å²) in [6.07, 6.45) is 3.18. The summed E-state index contributed by atoms with van der Waals surface area (Å²) in [5.74, 6) is 1.05. The van der Waals surface area contributed by atoms with Gasteiger partial charge in [0.1, 0.15) is 0 Å². The van der Waals surface area contributed by atoms with Gasteiger partial charge in [-0.1, -0.05) is 48.5 Å². The fraction of sp³-hybridized carbons (Fsp3) is 0.211. The van der Waals surface area contributed by atoms with Crippen molar-refractivity contribution in [3.8, 4) is 11.4 Å². The van der Waals surface area contributed by atoms with Gasteiger partial charge in [-0.2, -0.15) is 0 Å². The monoisotopic (exact) mass is 393 g/mol. The van der Waals surface area contributed by atoms with Gasteiger partial charge in [-0.3, -0.25) is 4.79 Å². The molecule has 0 spiro atoms. The highest BCUT2D eigenvalue weighted by Crippen LogP contribution is 2.13. The molecule has 0 amide bonds. The van der Waals surface area contributed by atoms with E-state index in [9.17, 15) is 22.1 Å². The lowest BCUT2D eigenvalue weighted by molar-refractivity contribution is -0.739. The molecule has 1 aromatic heterocycles. The maximum Gasteiger partial charge on any atom is 0.673 e. The molecular weight excluding hydrogens is 373 g/mol. The Labute approximate surface area is 160 Å². The van der Waals surface area contributed by atoms with E-state index in [4.69, 9.17) is 0 Å². The predicted molar refractivity (Wildman–Crippen MR) is 98.8 cm³/mol. The van der Waals surface area contributed by atoms with Crippen LogP contribution in [0.3, 0.4) is 0 Å². The van der Waals surface area contributed by atoms with Gasteiger partial charge in [0.05, 0.1) is 7.05 Å². The number of nitrogens with zero attached hydrogens (tertiary/aromatic N) is 3. The first-order valence-electron chi connectivity index (χ1n) is 8.64. The number of ketones is 1. The van der Waals surface area contributed by atoms with E-state index in [1.165, 1.54) is 5.56 Å². The Morgan fingerprint density at radius 1 is 1.00 bits per heavy atom. The highest BCUT2D eigenvalue weighted by Gasteiger charge is 2.20. The molecule has 0 N–H and O–H groups in total. The molecule has 0 atom stereocenters. The minimum Gasteiger partial charge on any atom is -0.418 e. The van der Waals surface area contributed by atoms with Gasteiger partial charge < -0.3 is 17.3 Å². The lowest BCUT2D eigenvalue weighted by Crippen LogP contribution is -2.39. The molecule has 4 nitrogen and oxygen atoms in total. The number of aryl methyl sites for hydroxylation is 2. The summed E-state index contributed by atoms with van der Waals surface area (Å²) in [5.41, 5.74) is 2.24. The molecule has 2 aromatic carbocycles. The normalized spacial score (nSPS) is 10.9. The Kier molecular flexibility index (Phi) is 7.48. The van der Waals surface area contributed by atoms with E-state index in [-0.39, 0.29) is 5.78 Å². The van der Waals surface area contributed by atoms with E-state index in [0.29, 0.717) is 13.0 Å². The summed E-state index contributed by atoms with van der Waals surface area (Å²) in [6, 6.07) is 20.1. The second-order valence-corrected chi connectivity index (χ2v) is 6.13. The van der Waals surface area contributed by atoms with Gasteiger partial charge in [0.15, 0.2) is 12.3 Å². The average molecular weight is 393 g/mol. The van der Waals surface area contributed by atoms with Gasteiger partial charge in [-0.25, -0.2) is 4.57 Å². The lowest BCUT2D eigenvalue weighted by atomic mass is 10.1. The van der Waals surface area contributed by atoms with Crippen molar-refractivity contribution in [2.24, 2.45) is 7.05 Å². The SMILES string of the molecule is Cn1c[n+](CC(=O)CCc2ccccc2)nc1-c1ccccc1.F[B-](F)(F)F. The second kappa shape index (κ2) is 9.82. The Balaban J connectivity index is 0.000000500. The summed E-state index contributed by atoms with van der Waals surface area (Å²) in [6.45, 7) is 0.313. The van der Waals surface area contributed by atoms with Gasteiger partial charge in [-0.05, 0) is 29.2 Å². The number of hydrogen-bond donors (Lipinski definition) is 0. The van der Waals surface area contributed by atoms with E-state index in [1.807, 2.05) is 66.5 Å². The predicted octanol–water partition coefficient (Wildman–Crippen LogP) is 3.88. The van der Waals surface area contributed by atoms with Gasteiger partial charge in [0.2, 0.25) is 0 Å². The molecule has 1 heterocycles. The van der Waals surface area contributed by atoms with Crippen LogP contribution in [-0.2, 0) is 24.8 Å². The molecule has 0 fully saturated rings. The second-order valence-electron chi connectivity index (χ2n) is 6.13. The first-order valence-corrected chi connectivity index (χ1v) is 8.64. The summed E-state index contributed by atoms with van der Waals surface area (Å²) >= 11 is 0. The van der Waals surface area contributed by atoms with Crippen molar-refractivity contribution in [1.82, 2.24) is 9.67 Å². The Morgan fingerprint density at radius 3 is 2.11 bits per heavy atom. The molecule has 0 unspecified atom stereocenters. The van der Waals surface area contributed by atoms with E-state index in [1.54, 1.807) is 4.68 Å². The third kappa shape index (κ3) is 7.73. The van der Waals surface area contributed by atoms with Crippen molar-refractivity contribution in [2.45, 2.75) is 19.4 Å². The largest absolute Gasteiger partial charge is 0.673 e. The molecule has 3 rings (SSSR count). The molecule has 0 saturated heterocycles. The summed E-state index contributed by atoms with van der Waals surface area (Å²) < 4.78 is 42.7. The average Bonchev–Trinajstić information content (AvgIpc) is 3.00. The zero-order chi connectivity index (χ0) is 20.6. The summed E-state index contributed by atoms with van der Waals surface area (Å²) in [4.78, 5) is 12.2. The number of aromatic nitrogens is 3. The minimum atomic E-state index is -6.00. The molecule has 0 saturated carbocycles. The molecule has 0 aliphatic carbocycles. The van der Waals surface area contributed by atoms with Crippen molar-refractivity contribution in [2.75, 3.05) is 0 Å². The van der Waals surface area contributed by atoms with E-state index < -0.39 is 7.25 Å².